The second-order valence-corrected chi connectivity index (χ2v) is 4.00. The first-order valence-corrected chi connectivity index (χ1v) is 5.36. The van der Waals surface area contributed by atoms with E-state index in [2.05, 4.69) is 50.7 Å². The van der Waals surface area contributed by atoms with Crippen molar-refractivity contribution >= 4 is 0 Å². The molecule has 1 heterocycles. The van der Waals surface area contributed by atoms with E-state index in [0.29, 0.717) is 6.04 Å². The van der Waals surface area contributed by atoms with Gasteiger partial charge in [0, 0.05) is 18.4 Å². The molecule has 13 heavy (non-hydrogen) atoms. The molecule has 0 saturated heterocycles. The van der Waals surface area contributed by atoms with Crippen LogP contribution < -0.4 is 0 Å². The molecular formula is C12H21N. The van der Waals surface area contributed by atoms with Crippen LogP contribution in [0.5, 0.6) is 0 Å². The first kappa shape index (κ1) is 10.4. The lowest BCUT2D eigenvalue weighted by Gasteiger charge is -2.10. The van der Waals surface area contributed by atoms with Gasteiger partial charge in [0.2, 0.25) is 0 Å². The summed E-state index contributed by atoms with van der Waals surface area (Å²) in [6.07, 6.45) is 6.98. The molecular weight excluding hydrogens is 158 g/mol. The average molecular weight is 179 g/mol. The molecule has 0 N–H and O–H groups in total. The third-order valence-corrected chi connectivity index (χ3v) is 2.79. The summed E-state index contributed by atoms with van der Waals surface area (Å²) in [6.45, 7) is 8.97. The van der Waals surface area contributed by atoms with Gasteiger partial charge in [-0.3, -0.25) is 0 Å². The van der Waals surface area contributed by atoms with Gasteiger partial charge < -0.3 is 4.57 Å². The topological polar surface area (TPSA) is 4.93 Å². The summed E-state index contributed by atoms with van der Waals surface area (Å²) in [6, 6.07) is 2.85. The zero-order valence-corrected chi connectivity index (χ0v) is 9.25. The molecule has 74 valence electrons. The van der Waals surface area contributed by atoms with E-state index < -0.39 is 0 Å². The summed E-state index contributed by atoms with van der Waals surface area (Å²) in [7, 11) is 0. The molecule has 0 aliphatic heterocycles. The fraction of sp³-hybridized carbons (Fsp3) is 0.667. The van der Waals surface area contributed by atoms with Gasteiger partial charge in [-0.2, -0.15) is 0 Å². The molecule has 0 saturated carbocycles. The number of rotatable bonds is 4. The van der Waals surface area contributed by atoms with Crippen molar-refractivity contribution in [1.29, 1.82) is 0 Å². The van der Waals surface area contributed by atoms with E-state index in [-0.39, 0.29) is 0 Å². The van der Waals surface area contributed by atoms with Crippen molar-refractivity contribution in [3.63, 3.8) is 0 Å². The van der Waals surface area contributed by atoms with E-state index in [1.807, 2.05) is 0 Å². The Balaban J connectivity index is 2.78. The highest BCUT2D eigenvalue weighted by atomic mass is 15.0. The van der Waals surface area contributed by atoms with Crippen LogP contribution in [-0.4, -0.2) is 4.57 Å². The average Bonchev–Trinajstić information content (AvgIpc) is 2.56. The lowest BCUT2D eigenvalue weighted by Crippen LogP contribution is -1.97. The van der Waals surface area contributed by atoms with Crippen LogP contribution >= 0.6 is 0 Å². The van der Waals surface area contributed by atoms with Gasteiger partial charge in [0.25, 0.3) is 0 Å². The Labute approximate surface area is 81.8 Å². The van der Waals surface area contributed by atoms with Crippen LogP contribution in [-0.2, 0) is 0 Å². The minimum absolute atomic E-state index is 0.586. The SMILES string of the molecule is CCC(CC)c1ccn(C(C)C)c1. The molecule has 1 heteroatoms. The minimum Gasteiger partial charge on any atom is -0.352 e. The Hall–Kier alpha value is -0.720. The predicted octanol–water partition coefficient (Wildman–Crippen LogP) is 3.97. The van der Waals surface area contributed by atoms with Crippen LogP contribution in [0.25, 0.3) is 0 Å². The number of nitrogens with zero attached hydrogens (tertiary/aromatic N) is 1. The third-order valence-electron chi connectivity index (χ3n) is 2.79. The predicted molar refractivity (Wildman–Crippen MR) is 58.1 cm³/mol. The lowest BCUT2D eigenvalue weighted by atomic mass is 9.97. The summed E-state index contributed by atoms with van der Waals surface area (Å²) >= 11 is 0. The van der Waals surface area contributed by atoms with E-state index in [1.54, 1.807) is 0 Å². The van der Waals surface area contributed by atoms with Crippen LogP contribution in [0.15, 0.2) is 18.5 Å². The number of hydrogen-bond acceptors (Lipinski definition) is 0. The van der Waals surface area contributed by atoms with Crippen molar-refractivity contribution in [2.75, 3.05) is 0 Å². The van der Waals surface area contributed by atoms with Gasteiger partial charge in [0.1, 0.15) is 0 Å². The Bertz CT molecular complexity index is 243. The standard InChI is InChI=1S/C12H21N/c1-5-11(6-2)12-7-8-13(9-12)10(3)4/h7-11H,5-6H2,1-4H3. The van der Waals surface area contributed by atoms with Gasteiger partial charge in [0.15, 0.2) is 0 Å². The smallest absolute Gasteiger partial charge is 0.0274 e. The first-order chi connectivity index (χ1) is 6.19. The molecule has 1 aromatic rings. The van der Waals surface area contributed by atoms with Gasteiger partial charge in [-0.1, -0.05) is 13.8 Å². The minimum atomic E-state index is 0.586. The number of hydrogen-bond donors (Lipinski definition) is 0. The zero-order chi connectivity index (χ0) is 9.84. The number of aromatic nitrogens is 1. The summed E-state index contributed by atoms with van der Waals surface area (Å²) in [5.41, 5.74) is 1.50. The molecule has 0 bridgehead atoms. The van der Waals surface area contributed by atoms with Crippen molar-refractivity contribution < 1.29 is 0 Å². The monoisotopic (exact) mass is 179 g/mol. The van der Waals surface area contributed by atoms with Crippen LogP contribution in [0.4, 0.5) is 0 Å². The molecule has 0 amide bonds. The van der Waals surface area contributed by atoms with Crippen molar-refractivity contribution in [3.8, 4) is 0 Å². The Kier molecular flexibility index (Phi) is 3.58. The first-order valence-electron chi connectivity index (χ1n) is 5.36. The Morgan fingerprint density at radius 1 is 1.23 bits per heavy atom. The van der Waals surface area contributed by atoms with Crippen molar-refractivity contribution in [2.45, 2.75) is 52.5 Å². The second kappa shape index (κ2) is 4.50. The molecule has 1 nitrogen and oxygen atoms in total. The Morgan fingerprint density at radius 3 is 2.23 bits per heavy atom. The highest BCUT2D eigenvalue weighted by molar-refractivity contribution is 5.16. The van der Waals surface area contributed by atoms with Crippen LogP contribution in [0.3, 0.4) is 0 Å². The normalized spacial score (nSPS) is 11.5. The van der Waals surface area contributed by atoms with E-state index in [4.69, 9.17) is 0 Å². The second-order valence-electron chi connectivity index (χ2n) is 4.00. The van der Waals surface area contributed by atoms with Crippen molar-refractivity contribution in [2.24, 2.45) is 0 Å². The molecule has 0 fully saturated rings. The van der Waals surface area contributed by atoms with Crippen LogP contribution in [0, 0.1) is 0 Å². The van der Waals surface area contributed by atoms with Crippen LogP contribution in [0.2, 0.25) is 0 Å². The van der Waals surface area contributed by atoms with Gasteiger partial charge >= 0.3 is 0 Å². The van der Waals surface area contributed by atoms with E-state index >= 15 is 0 Å². The molecule has 0 atom stereocenters. The van der Waals surface area contributed by atoms with Gasteiger partial charge in [-0.25, -0.2) is 0 Å². The maximum Gasteiger partial charge on any atom is 0.0274 e. The van der Waals surface area contributed by atoms with E-state index in [1.165, 1.54) is 18.4 Å². The largest absolute Gasteiger partial charge is 0.352 e. The van der Waals surface area contributed by atoms with Crippen LogP contribution in [0.1, 0.15) is 58.1 Å². The molecule has 0 aromatic carbocycles. The maximum absolute atomic E-state index is 2.29. The van der Waals surface area contributed by atoms with Gasteiger partial charge in [0.05, 0.1) is 0 Å². The molecule has 1 aromatic heterocycles. The lowest BCUT2D eigenvalue weighted by molar-refractivity contribution is 0.593. The molecule has 0 aliphatic rings. The third kappa shape index (κ3) is 2.36. The van der Waals surface area contributed by atoms with E-state index in [0.717, 1.165) is 5.92 Å². The van der Waals surface area contributed by atoms with Gasteiger partial charge in [-0.05, 0) is 44.2 Å². The van der Waals surface area contributed by atoms with Gasteiger partial charge in [-0.15, -0.1) is 0 Å². The molecule has 0 spiro atoms. The summed E-state index contributed by atoms with van der Waals surface area (Å²) < 4.78 is 2.29. The van der Waals surface area contributed by atoms with Crippen molar-refractivity contribution in [1.82, 2.24) is 4.57 Å². The summed E-state index contributed by atoms with van der Waals surface area (Å²) in [4.78, 5) is 0. The highest BCUT2D eigenvalue weighted by Crippen LogP contribution is 2.24. The fourth-order valence-electron chi connectivity index (χ4n) is 1.75. The summed E-state index contributed by atoms with van der Waals surface area (Å²) in [5, 5.41) is 0. The molecule has 0 radical (unpaired) electrons. The fourth-order valence-corrected chi connectivity index (χ4v) is 1.75. The molecule has 1 rings (SSSR count). The van der Waals surface area contributed by atoms with E-state index in [9.17, 15) is 0 Å². The Morgan fingerprint density at radius 2 is 1.85 bits per heavy atom. The molecule has 0 aliphatic carbocycles. The van der Waals surface area contributed by atoms with Crippen molar-refractivity contribution in [3.05, 3.63) is 24.0 Å². The molecule has 0 unspecified atom stereocenters. The summed E-state index contributed by atoms with van der Waals surface area (Å²) in [5.74, 6) is 0.750. The quantitative estimate of drug-likeness (QED) is 0.659. The highest BCUT2D eigenvalue weighted by Gasteiger charge is 2.08. The zero-order valence-electron chi connectivity index (χ0n) is 9.25. The maximum atomic E-state index is 2.29.